The van der Waals surface area contributed by atoms with Crippen molar-refractivity contribution >= 4 is 15.9 Å². The zero-order valence-corrected chi connectivity index (χ0v) is 13.1. The van der Waals surface area contributed by atoms with Crippen molar-refractivity contribution in [3.8, 4) is 0 Å². The molecule has 0 aliphatic rings. The van der Waals surface area contributed by atoms with Crippen LogP contribution in [-0.2, 0) is 10.0 Å². The number of carbonyl (C=O) groups excluding carboxylic acids is 1. The molecule has 1 aromatic heterocycles. The van der Waals surface area contributed by atoms with E-state index in [2.05, 4.69) is 15.0 Å². The summed E-state index contributed by atoms with van der Waals surface area (Å²) in [6.45, 7) is 1.74. The number of aromatic nitrogens is 1. The maximum atomic E-state index is 12.3. The number of rotatable bonds is 5. The van der Waals surface area contributed by atoms with Gasteiger partial charge in [-0.2, -0.15) is 0 Å². The Bertz CT molecular complexity index is 743. The molecule has 1 heterocycles. The van der Waals surface area contributed by atoms with E-state index in [1.807, 2.05) is 0 Å². The number of nitrogens with zero attached hydrogens (tertiary/aromatic N) is 1. The normalized spacial score (nSPS) is 12.6. The lowest BCUT2D eigenvalue weighted by Gasteiger charge is -2.14. The second-order valence-electron chi connectivity index (χ2n) is 4.73. The summed E-state index contributed by atoms with van der Waals surface area (Å²) >= 11 is 0. The summed E-state index contributed by atoms with van der Waals surface area (Å²) in [6, 6.07) is 8.90. The molecule has 2 aromatic rings. The fraction of sp³-hybridized carbons (Fsp3) is 0.200. The second kappa shape index (κ2) is 6.67. The van der Waals surface area contributed by atoms with Gasteiger partial charge < -0.3 is 5.32 Å². The van der Waals surface area contributed by atoms with Crippen molar-refractivity contribution in [3.05, 3.63) is 59.9 Å². The van der Waals surface area contributed by atoms with Gasteiger partial charge >= 0.3 is 0 Å². The summed E-state index contributed by atoms with van der Waals surface area (Å²) in [5.41, 5.74) is 1.18. The standard InChI is InChI=1S/C15H17N3O3S/c1-11(13-4-3-9-17-10-13)18-22(20,21)14-7-5-12(6-8-14)15(19)16-2/h3-11,18H,1-2H3,(H,16,19)/t11-/m0/s1. The fourth-order valence-electron chi connectivity index (χ4n) is 1.93. The minimum Gasteiger partial charge on any atom is -0.355 e. The van der Waals surface area contributed by atoms with E-state index in [9.17, 15) is 13.2 Å². The highest BCUT2D eigenvalue weighted by atomic mass is 32.2. The van der Waals surface area contributed by atoms with Crippen molar-refractivity contribution in [2.45, 2.75) is 17.9 Å². The van der Waals surface area contributed by atoms with E-state index in [-0.39, 0.29) is 10.8 Å². The third kappa shape index (κ3) is 3.69. The van der Waals surface area contributed by atoms with Crippen molar-refractivity contribution in [3.63, 3.8) is 0 Å². The first-order valence-corrected chi connectivity index (χ1v) is 8.17. The van der Waals surface area contributed by atoms with Crippen molar-refractivity contribution < 1.29 is 13.2 Å². The largest absolute Gasteiger partial charge is 0.355 e. The SMILES string of the molecule is CNC(=O)c1ccc(S(=O)(=O)N[C@@H](C)c2cccnc2)cc1. The summed E-state index contributed by atoms with van der Waals surface area (Å²) in [5, 5.41) is 2.48. The van der Waals surface area contributed by atoms with E-state index < -0.39 is 16.1 Å². The van der Waals surface area contributed by atoms with Gasteiger partial charge in [0.15, 0.2) is 0 Å². The molecule has 0 saturated carbocycles. The Balaban J connectivity index is 2.18. The highest BCUT2D eigenvalue weighted by Gasteiger charge is 2.18. The van der Waals surface area contributed by atoms with E-state index in [4.69, 9.17) is 0 Å². The fourth-order valence-corrected chi connectivity index (χ4v) is 3.16. The Kier molecular flexibility index (Phi) is 4.89. The monoisotopic (exact) mass is 319 g/mol. The maximum Gasteiger partial charge on any atom is 0.251 e. The lowest BCUT2D eigenvalue weighted by atomic mass is 10.2. The summed E-state index contributed by atoms with van der Waals surface area (Å²) in [6.07, 6.45) is 3.24. The van der Waals surface area contributed by atoms with Crippen LogP contribution in [0.1, 0.15) is 28.9 Å². The second-order valence-corrected chi connectivity index (χ2v) is 6.45. The summed E-state index contributed by atoms with van der Waals surface area (Å²) in [7, 11) is -2.15. The number of pyridine rings is 1. The van der Waals surface area contributed by atoms with Crippen LogP contribution in [0.5, 0.6) is 0 Å². The third-order valence-electron chi connectivity index (χ3n) is 3.17. The van der Waals surface area contributed by atoms with Gasteiger partial charge in [0.25, 0.3) is 5.91 Å². The van der Waals surface area contributed by atoms with E-state index in [0.717, 1.165) is 5.56 Å². The Morgan fingerprint density at radius 2 is 1.86 bits per heavy atom. The molecule has 2 rings (SSSR count). The maximum absolute atomic E-state index is 12.3. The van der Waals surface area contributed by atoms with E-state index in [1.165, 1.54) is 31.3 Å². The van der Waals surface area contributed by atoms with Crippen LogP contribution < -0.4 is 10.0 Å². The van der Waals surface area contributed by atoms with Gasteiger partial charge in [0.1, 0.15) is 0 Å². The van der Waals surface area contributed by atoms with E-state index >= 15 is 0 Å². The van der Waals surface area contributed by atoms with E-state index in [0.29, 0.717) is 5.56 Å². The number of hydrogen-bond acceptors (Lipinski definition) is 4. The van der Waals surface area contributed by atoms with Crippen molar-refractivity contribution in [1.82, 2.24) is 15.0 Å². The molecule has 116 valence electrons. The molecule has 7 heteroatoms. The average molecular weight is 319 g/mol. The molecule has 0 unspecified atom stereocenters. The molecule has 22 heavy (non-hydrogen) atoms. The summed E-state index contributed by atoms with van der Waals surface area (Å²) < 4.78 is 27.3. The van der Waals surface area contributed by atoms with Crippen molar-refractivity contribution in [2.75, 3.05) is 7.05 Å². The van der Waals surface area contributed by atoms with Crippen molar-refractivity contribution in [1.29, 1.82) is 0 Å². The highest BCUT2D eigenvalue weighted by molar-refractivity contribution is 7.89. The highest BCUT2D eigenvalue weighted by Crippen LogP contribution is 2.16. The first-order valence-electron chi connectivity index (χ1n) is 6.68. The number of nitrogens with one attached hydrogen (secondary N) is 2. The molecule has 1 aromatic carbocycles. The van der Waals surface area contributed by atoms with Gasteiger partial charge in [-0.25, -0.2) is 13.1 Å². The smallest absolute Gasteiger partial charge is 0.251 e. The minimum atomic E-state index is -3.67. The lowest BCUT2D eigenvalue weighted by molar-refractivity contribution is 0.0963. The number of hydrogen-bond donors (Lipinski definition) is 2. The van der Waals surface area contributed by atoms with Gasteiger partial charge in [-0.1, -0.05) is 6.07 Å². The number of sulfonamides is 1. The molecule has 2 N–H and O–H groups in total. The van der Waals surface area contributed by atoms with Crippen LogP contribution in [0.3, 0.4) is 0 Å². The van der Waals surface area contributed by atoms with Crippen LogP contribution in [0.25, 0.3) is 0 Å². The van der Waals surface area contributed by atoms with Gasteiger partial charge in [0, 0.05) is 31.0 Å². The summed E-state index contributed by atoms with van der Waals surface area (Å²) in [4.78, 5) is 15.5. The average Bonchev–Trinajstić information content (AvgIpc) is 2.54. The molecular weight excluding hydrogens is 302 g/mol. The quantitative estimate of drug-likeness (QED) is 0.874. The zero-order chi connectivity index (χ0) is 16.2. The van der Waals surface area contributed by atoms with Gasteiger partial charge in [0.2, 0.25) is 10.0 Å². The Morgan fingerprint density at radius 3 is 2.41 bits per heavy atom. The first kappa shape index (κ1) is 16.1. The molecule has 0 saturated heterocycles. The van der Waals surface area contributed by atoms with Crippen LogP contribution in [0, 0.1) is 0 Å². The van der Waals surface area contributed by atoms with Gasteiger partial charge in [0.05, 0.1) is 4.90 Å². The molecule has 0 bridgehead atoms. The van der Waals surface area contributed by atoms with Crippen LogP contribution >= 0.6 is 0 Å². The molecule has 0 spiro atoms. The number of amides is 1. The zero-order valence-electron chi connectivity index (χ0n) is 12.3. The first-order chi connectivity index (χ1) is 10.4. The van der Waals surface area contributed by atoms with Gasteiger partial charge in [-0.15, -0.1) is 0 Å². The molecule has 0 aliphatic heterocycles. The van der Waals surface area contributed by atoms with Crippen LogP contribution in [-0.4, -0.2) is 26.4 Å². The van der Waals surface area contributed by atoms with Crippen molar-refractivity contribution in [2.24, 2.45) is 0 Å². The topological polar surface area (TPSA) is 88.2 Å². The predicted molar refractivity (Wildman–Crippen MR) is 82.8 cm³/mol. The minimum absolute atomic E-state index is 0.107. The Hall–Kier alpha value is -2.25. The van der Waals surface area contributed by atoms with E-state index in [1.54, 1.807) is 31.5 Å². The Labute approximate surface area is 129 Å². The summed E-state index contributed by atoms with van der Waals surface area (Å²) in [5.74, 6) is -0.263. The number of benzene rings is 1. The van der Waals surface area contributed by atoms with Crippen LogP contribution in [0.15, 0.2) is 53.7 Å². The molecule has 1 atom stereocenters. The number of carbonyl (C=O) groups is 1. The third-order valence-corrected chi connectivity index (χ3v) is 4.73. The molecule has 6 nitrogen and oxygen atoms in total. The molecule has 0 radical (unpaired) electrons. The molecule has 0 fully saturated rings. The molecule has 1 amide bonds. The predicted octanol–water partition coefficient (Wildman–Crippen LogP) is 1.48. The molecule has 0 aliphatic carbocycles. The lowest BCUT2D eigenvalue weighted by Crippen LogP contribution is -2.27. The molecular formula is C15H17N3O3S. The van der Waals surface area contributed by atoms with Crippen LogP contribution in [0.4, 0.5) is 0 Å². The van der Waals surface area contributed by atoms with Gasteiger partial charge in [-0.05, 0) is 42.8 Å². The van der Waals surface area contributed by atoms with Gasteiger partial charge in [-0.3, -0.25) is 9.78 Å². The Morgan fingerprint density at radius 1 is 1.18 bits per heavy atom. The van der Waals surface area contributed by atoms with Crippen LogP contribution in [0.2, 0.25) is 0 Å².